The van der Waals surface area contributed by atoms with Gasteiger partial charge in [0.2, 0.25) is 0 Å². The fraction of sp³-hybridized carbons (Fsp3) is 0.238. The maximum atomic E-state index is 10.7. The van der Waals surface area contributed by atoms with Gasteiger partial charge in [-0.25, -0.2) is 0 Å². The van der Waals surface area contributed by atoms with Crippen LogP contribution in [0.1, 0.15) is 30.2 Å². The van der Waals surface area contributed by atoms with E-state index in [1.165, 1.54) is 16.3 Å². The molecule has 4 rings (SSSR count). The Bertz CT molecular complexity index is 814. The lowest BCUT2D eigenvalue weighted by Crippen LogP contribution is -2.14. The van der Waals surface area contributed by atoms with Gasteiger partial charge in [0.05, 0.1) is 12.1 Å². The standard InChI is InChI=1S/C21H21NO/c1-15(16-7-3-2-4-8-16)22-14-20(22)21(23)19-12-11-17-9-5-6-10-18(17)13-19/h2-13,15,20-21,23H,14H2,1H3/t15-,20+,21+,22?/m1/s1. The average molecular weight is 303 g/mol. The lowest BCUT2D eigenvalue weighted by Gasteiger charge is -2.17. The smallest absolute Gasteiger partial charge is 0.0958 e. The van der Waals surface area contributed by atoms with Gasteiger partial charge in [0.15, 0.2) is 0 Å². The summed E-state index contributed by atoms with van der Waals surface area (Å²) in [4.78, 5) is 2.36. The normalized spacial score (nSPS) is 22.7. The Morgan fingerprint density at radius 2 is 1.57 bits per heavy atom. The molecule has 1 heterocycles. The summed E-state index contributed by atoms with van der Waals surface area (Å²) in [6, 6.07) is 25.6. The van der Waals surface area contributed by atoms with Gasteiger partial charge in [0.1, 0.15) is 0 Å². The molecule has 3 aromatic rings. The summed E-state index contributed by atoms with van der Waals surface area (Å²) in [5.74, 6) is 0. The molecule has 0 bridgehead atoms. The lowest BCUT2D eigenvalue weighted by molar-refractivity contribution is 0.151. The van der Waals surface area contributed by atoms with Crippen molar-refractivity contribution in [2.45, 2.75) is 25.1 Å². The van der Waals surface area contributed by atoms with E-state index in [0.29, 0.717) is 6.04 Å². The molecule has 2 heteroatoms. The van der Waals surface area contributed by atoms with Gasteiger partial charge >= 0.3 is 0 Å². The molecular weight excluding hydrogens is 282 g/mol. The predicted molar refractivity (Wildman–Crippen MR) is 94.3 cm³/mol. The molecule has 3 aromatic carbocycles. The molecule has 116 valence electrons. The minimum absolute atomic E-state index is 0.214. The summed E-state index contributed by atoms with van der Waals surface area (Å²) in [5, 5.41) is 13.1. The Balaban J connectivity index is 1.52. The Hall–Kier alpha value is -2.16. The number of rotatable bonds is 4. The van der Waals surface area contributed by atoms with Crippen molar-refractivity contribution in [1.82, 2.24) is 4.90 Å². The predicted octanol–water partition coefficient (Wildman–Crippen LogP) is 4.32. The summed E-state index contributed by atoms with van der Waals surface area (Å²) in [7, 11) is 0. The average Bonchev–Trinajstić information content (AvgIpc) is 3.41. The fourth-order valence-electron chi connectivity index (χ4n) is 3.43. The third-order valence-corrected chi connectivity index (χ3v) is 4.95. The van der Waals surface area contributed by atoms with Crippen molar-refractivity contribution in [3.8, 4) is 0 Å². The second-order valence-corrected chi connectivity index (χ2v) is 6.40. The molecule has 1 unspecified atom stereocenters. The van der Waals surface area contributed by atoms with E-state index in [9.17, 15) is 5.11 Å². The van der Waals surface area contributed by atoms with E-state index in [-0.39, 0.29) is 6.04 Å². The van der Waals surface area contributed by atoms with Crippen molar-refractivity contribution >= 4 is 10.8 Å². The molecule has 1 fully saturated rings. The van der Waals surface area contributed by atoms with Gasteiger partial charge < -0.3 is 5.11 Å². The molecule has 1 aliphatic heterocycles. The molecule has 1 aliphatic rings. The first-order valence-electron chi connectivity index (χ1n) is 8.21. The maximum absolute atomic E-state index is 10.7. The first kappa shape index (κ1) is 14.4. The van der Waals surface area contributed by atoms with Crippen molar-refractivity contribution in [3.63, 3.8) is 0 Å². The summed E-state index contributed by atoms with van der Waals surface area (Å²) in [6.45, 7) is 3.16. The number of fused-ring (bicyclic) bond motifs is 1. The van der Waals surface area contributed by atoms with E-state index in [1.54, 1.807) is 0 Å². The Kier molecular flexibility index (Phi) is 3.64. The van der Waals surface area contributed by atoms with E-state index >= 15 is 0 Å². The number of aliphatic hydroxyl groups is 1. The zero-order valence-electron chi connectivity index (χ0n) is 13.3. The highest BCUT2D eigenvalue weighted by Gasteiger charge is 2.43. The number of nitrogens with zero attached hydrogens (tertiary/aromatic N) is 1. The highest BCUT2D eigenvalue weighted by molar-refractivity contribution is 5.83. The molecular formula is C21H21NO. The summed E-state index contributed by atoms with van der Waals surface area (Å²) in [6.07, 6.45) is -0.425. The molecule has 4 atom stereocenters. The van der Waals surface area contributed by atoms with E-state index in [0.717, 1.165) is 12.1 Å². The van der Waals surface area contributed by atoms with Crippen LogP contribution in [0.4, 0.5) is 0 Å². The zero-order chi connectivity index (χ0) is 15.8. The SMILES string of the molecule is C[C@H](c1ccccc1)N1C[C@H]1[C@@H](O)c1ccc2ccccc2c1. The molecule has 0 saturated carbocycles. The lowest BCUT2D eigenvalue weighted by atomic mass is 10.0. The van der Waals surface area contributed by atoms with Gasteiger partial charge in [0.25, 0.3) is 0 Å². The Labute approximate surface area is 137 Å². The highest BCUT2D eigenvalue weighted by Crippen LogP contribution is 2.39. The Morgan fingerprint density at radius 1 is 0.870 bits per heavy atom. The van der Waals surface area contributed by atoms with Gasteiger partial charge in [0, 0.05) is 12.6 Å². The first-order chi connectivity index (χ1) is 11.2. The van der Waals surface area contributed by atoms with E-state index in [4.69, 9.17) is 0 Å². The molecule has 0 aliphatic carbocycles. The largest absolute Gasteiger partial charge is 0.387 e. The van der Waals surface area contributed by atoms with Crippen LogP contribution in [-0.2, 0) is 0 Å². The van der Waals surface area contributed by atoms with Gasteiger partial charge in [-0.2, -0.15) is 0 Å². The van der Waals surface area contributed by atoms with Crippen LogP contribution >= 0.6 is 0 Å². The topological polar surface area (TPSA) is 23.2 Å². The molecule has 1 saturated heterocycles. The number of hydrogen-bond acceptors (Lipinski definition) is 2. The van der Waals surface area contributed by atoms with Crippen molar-refractivity contribution in [2.75, 3.05) is 6.54 Å². The van der Waals surface area contributed by atoms with Crippen molar-refractivity contribution in [1.29, 1.82) is 0 Å². The summed E-state index contributed by atoms with van der Waals surface area (Å²) >= 11 is 0. The minimum Gasteiger partial charge on any atom is -0.387 e. The van der Waals surface area contributed by atoms with Crippen molar-refractivity contribution in [2.24, 2.45) is 0 Å². The van der Waals surface area contributed by atoms with Gasteiger partial charge in [-0.05, 0) is 34.9 Å². The van der Waals surface area contributed by atoms with Crippen LogP contribution in [0, 0.1) is 0 Å². The minimum atomic E-state index is -0.425. The van der Waals surface area contributed by atoms with Gasteiger partial charge in [-0.3, -0.25) is 4.90 Å². The maximum Gasteiger partial charge on any atom is 0.0958 e. The second-order valence-electron chi connectivity index (χ2n) is 6.40. The van der Waals surface area contributed by atoms with Crippen LogP contribution in [0.3, 0.4) is 0 Å². The van der Waals surface area contributed by atoms with Crippen LogP contribution in [0.15, 0.2) is 72.8 Å². The molecule has 1 N–H and O–H groups in total. The monoisotopic (exact) mass is 303 g/mol. The van der Waals surface area contributed by atoms with Crippen LogP contribution < -0.4 is 0 Å². The van der Waals surface area contributed by atoms with Crippen molar-refractivity contribution in [3.05, 3.63) is 83.9 Å². The van der Waals surface area contributed by atoms with Gasteiger partial charge in [-0.15, -0.1) is 0 Å². The summed E-state index contributed by atoms with van der Waals surface area (Å²) < 4.78 is 0. The number of aliphatic hydroxyl groups excluding tert-OH is 1. The molecule has 0 aromatic heterocycles. The number of benzene rings is 3. The third-order valence-electron chi connectivity index (χ3n) is 4.95. The third kappa shape index (κ3) is 2.76. The molecule has 0 amide bonds. The van der Waals surface area contributed by atoms with Crippen LogP contribution in [0.5, 0.6) is 0 Å². The first-order valence-corrected chi connectivity index (χ1v) is 8.21. The zero-order valence-corrected chi connectivity index (χ0v) is 13.3. The van der Waals surface area contributed by atoms with E-state index in [2.05, 4.69) is 66.4 Å². The molecule has 0 radical (unpaired) electrons. The Morgan fingerprint density at radius 3 is 2.35 bits per heavy atom. The van der Waals surface area contributed by atoms with E-state index < -0.39 is 6.10 Å². The number of hydrogen-bond donors (Lipinski definition) is 1. The fourth-order valence-corrected chi connectivity index (χ4v) is 3.43. The van der Waals surface area contributed by atoms with Crippen LogP contribution in [0.2, 0.25) is 0 Å². The van der Waals surface area contributed by atoms with Gasteiger partial charge in [-0.1, -0.05) is 66.7 Å². The molecule has 23 heavy (non-hydrogen) atoms. The molecule has 2 nitrogen and oxygen atoms in total. The quantitative estimate of drug-likeness (QED) is 0.726. The molecule has 0 spiro atoms. The van der Waals surface area contributed by atoms with Crippen LogP contribution in [-0.4, -0.2) is 22.6 Å². The van der Waals surface area contributed by atoms with E-state index in [1.807, 2.05) is 18.2 Å². The summed E-state index contributed by atoms with van der Waals surface area (Å²) in [5.41, 5.74) is 2.32. The van der Waals surface area contributed by atoms with Crippen molar-refractivity contribution < 1.29 is 5.11 Å². The second kappa shape index (κ2) is 5.80. The van der Waals surface area contributed by atoms with Crippen LogP contribution in [0.25, 0.3) is 10.8 Å². The highest BCUT2D eigenvalue weighted by atomic mass is 16.3.